The van der Waals surface area contributed by atoms with Crippen LogP contribution in [0.1, 0.15) is 11.1 Å². The molecule has 0 unspecified atom stereocenters. The van der Waals surface area contributed by atoms with E-state index < -0.39 is 16.1 Å². The number of non-ortho nitro benzene ring substituents is 1. The summed E-state index contributed by atoms with van der Waals surface area (Å²) < 4.78 is 0. The Morgan fingerprint density at radius 2 is 1.80 bits per heavy atom. The number of aromatic hydroxyl groups is 1. The number of phenols is 1. The van der Waals surface area contributed by atoms with Gasteiger partial charge in [-0.3, -0.25) is 24.6 Å². The van der Waals surface area contributed by atoms with E-state index in [2.05, 4.69) is 0 Å². The summed E-state index contributed by atoms with van der Waals surface area (Å²) in [6, 6.07) is 12.2. The number of nitro benzene ring substituents is 1. The van der Waals surface area contributed by atoms with Crippen LogP contribution in [-0.4, -0.2) is 26.1 Å². The number of nitrogens with zero attached hydrogens (tertiary/aromatic N) is 2. The third kappa shape index (κ3) is 3.53. The van der Waals surface area contributed by atoms with Crippen LogP contribution in [0.25, 0.3) is 6.08 Å². The monoisotopic (exact) mass is 356 g/mol. The van der Waals surface area contributed by atoms with Crippen LogP contribution in [0.5, 0.6) is 5.75 Å². The highest BCUT2D eigenvalue weighted by Crippen LogP contribution is 2.34. The molecule has 7 nitrogen and oxygen atoms in total. The first-order chi connectivity index (χ1) is 12.0. The summed E-state index contributed by atoms with van der Waals surface area (Å²) in [5, 5.41) is 20.0. The number of imide groups is 1. The molecule has 3 rings (SSSR count). The maximum absolute atomic E-state index is 12.4. The summed E-state index contributed by atoms with van der Waals surface area (Å²) in [6.07, 6.45) is 1.47. The van der Waals surface area contributed by atoms with Crippen LogP contribution in [0.2, 0.25) is 0 Å². The molecule has 0 atom stereocenters. The number of nitro groups is 1. The first-order valence-corrected chi connectivity index (χ1v) is 8.04. The fraction of sp³-hybridized carbons (Fsp3) is 0.0588. The first kappa shape index (κ1) is 16.7. The molecule has 8 heteroatoms. The lowest BCUT2D eigenvalue weighted by Crippen LogP contribution is -2.27. The number of amides is 2. The summed E-state index contributed by atoms with van der Waals surface area (Å²) in [4.78, 5) is 36.0. The zero-order valence-corrected chi connectivity index (χ0v) is 13.6. The van der Waals surface area contributed by atoms with E-state index in [1.165, 1.54) is 36.4 Å². The Kier molecular flexibility index (Phi) is 4.53. The van der Waals surface area contributed by atoms with Crippen LogP contribution >= 0.6 is 11.8 Å². The van der Waals surface area contributed by atoms with E-state index in [9.17, 15) is 24.8 Å². The molecule has 126 valence electrons. The van der Waals surface area contributed by atoms with Crippen molar-refractivity contribution in [1.82, 2.24) is 4.90 Å². The number of phenolic OH excluding ortho intramolecular Hbond substituents is 1. The molecular weight excluding hydrogens is 344 g/mol. The molecule has 0 aromatic heterocycles. The van der Waals surface area contributed by atoms with E-state index in [1.54, 1.807) is 18.2 Å². The number of rotatable bonds is 4. The second kappa shape index (κ2) is 6.78. The molecule has 1 aliphatic heterocycles. The Labute approximate surface area is 146 Å². The lowest BCUT2D eigenvalue weighted by Gasteiger charge is -2.12. The van der Waals surface area contributed by atoms with Crippen molar-refractivity contribution in [1.29, 1.82) is 0 Å². The molecular formula is C17H12N2O5S. The number of carbonyl (C=O) groups excluding carboxylic acids is 2. The lowest BCUT2D eigenvalue weighted by molar-refractivity contribution is -0.384. The van der Waals surface area contributed by atoms with Crippen molar-refractivity contribution in [3.63, 3.8) is 0 Å². The maximum atomic E-state index is 12.4. The van der Waals surface area contributed by atoms with E-state index in [0.29, 0.717) is 11.1 Å². The van der Waals surface area contributed by atoms with E-state index in [1.807, 2.05) is 0 Å². The average molecular weight is 356 g/mol. The van der Waals surface area contributed by atoms with Crippen LogP contribution in [-0.2, 0) is 11.3 Å². The zero-order valence-electron chi connectivity index (χ0n) is 12.8. The van der Waals surface area contributed by atoms with Crippen LogP contribution in [0.15, 0.2) is 53.4 Å². The SMILES string of the molecule is O=C1S/C(=C\c2ccccc2O)C(=O)N1Cc1ccc([N+](=O)[O-])cc1. The molecule has 2 aromatic carbocycles. The molecule has 2 aromatic rings. The first-order valence-electron chi connectivity index (χ1n) is 7.22. The molecule has 1 heterocycles. The minimum atomic E-state index is -0.515. The van der Waals surface area contributed by atoms with Gasteiger partial charge in [0, 0.05) is 17.7 Å². The Balaban J connectivity index is 1.80. The van der Waals surface area contributed by atoms with Gasteiger partial charge in [0.1, 0.15) is 5.75 Å². The number of hydrogen-bond acceptors (Lipinski definition) is 6. The van der Waals surface area contributed by atoms with Gasteiger partial charge >= 0.3 is 0 Å². The average Bonchev–Trinajstić information content (AvgIpc) is 2.85. The summed E-state index contributed by atoms with van der Waals surface area (Å²) in [5.74, 6) is -0.443. The molecule has 1 fully saturated rings. The number of thioether (sulfide) groups is 1. The predicted molar refractivity (Wildman–Crippen MR) is 92.7 cm³/mol. The van der Waals surface area contributed by atoms with E-state index >= 15 is 0 Å². The van der Waals surface area contributed by atoms with Gasteiger partial charge in [0.15, 0.2) is 0 Å². The highest BCUT2D eigenvalue weighted by atomic mass is 32.2. The molecule has 25 heavy (non-hydrogen) atoms. The van der Waals surface area contributed by atoms with Gasteiger partial charge in [-0.15, -0.1) is 0 Å². The van der Waals surface area contributed by atoms with Crippen molar-refractivity contribution in [2.75, 3.05) is 0 Å². The Morgan fingerprint density at radius 3 is 2.44 bits per heavy atom. The lowest BCUT2D eigenvalue weighted by atomic mass is 10.1. The van der Waals surface area contributed by atoms with Crippen LogP contribution in [0.3, 0.4) is 0 Å². The van der Waals surface area contributed by atoms with Crippen molar-refractivity contribution in [2.24, 2.45) is 0 Å². The van der Waals surface area contributed by atoms with Gasteiger partial charge in [-0.1, -0.05) is 30.3 Å². The van der Waals surface area contributed by atoms with Crippen molar-refractivity contribution in [2.45, 2.75) is 6.54 Å². The third-order valence-corrected chi connectivity index (χ3v) is 4.49. The minimum Gasteiger partial charge on any atom is -0.507 e. The maximum Gasteiger partial charge on any atom is 0.293 e. The van der Waals surface area contributed by atoms with Gasteiger partial charge in [-0.2, -0.15) is 0 Å². The van der Waals surface area contributed by atoms with Gasteiger partial charge in [0.05, 0.1) is 16.4 Å². The summed E-state index contributed by atoms with van der Waals surface area (Å²) in [5.41, 5.74) is 0.998. The molecule has 0 saturated carbocycles. The van der Waals surface area contributed by atoms with Gasteiger partial charge in [0.25, 0.3) is 16.8 Å². The summed E-state index contributed by atoms with van der Waals surface area (Å²) in [7, 11) is 0. The van der Waals surface area contributed by atoms with Crippen LogP contribution in [0, 0.1) is 10.1 Å². The number of para-hydroxylation sites is 1. The van der Waals surface area contributed by atoms with E-state index in [-0.39, 0.29) is 22.9 Å². The zero-order chi connectivity index (χ0) is 18.0. The van der Waals surface area contributed by atoms with Gasteiger partial charge in [-0.05, 0) is 29.5 Å². The second-order valence-electron chi connectivity index (χ2n) is 5.25. The second-order valence-corrected chi connectivity index (χ2v) is 6.24. The van der Waals surface area contributed by atoms with Gasteiger partial charge < -0.3 is 5.11 Å². The van der Waals surface area contributed by atoms with Gasteiger partial charge in [-0.25, -0.2) is 0 Å². The van der Waals surface area contributed by atoms with Crippen molar-refractivity contribution < 1.29 is 19.6 Å². The van der Waals surface area contributed by atoms with Gasteiger partial charge in [0.2, 0.25) is 0 Å². The fourth-order valence-electron chi connectivity index (χ4n) is 2.29. The number of hydrogen-bond donors (Lipinski definition) is 1. The fourth-order valence-corrected chi connectivity index (χ4v) is 3.12. The van der Waals surface area contributed by atoms with Crippen molar-refractivity contribution in [3.05, 3.63) is 74.7 Å². The molecule has 0 aliphatic carbocycles. The normalized spacial score (nSPS) is 15.8. The minimum absolute atomic E-state index is 0.0182. The summed E-state index contributed by atoms with van der Waals surface area (Å²) >= 11 is 0.792. The topological polar surface area (TPSA) is 101 Å². The highest BCUT2D eigenvalue weighted by molar-refractivity contribution is 8.18. The van der Waals surface area contributed by atoms with E-state index in [4.69, 9.17) is 0 Å². The Morgan fingerprint density at radius 1 is 1.12 bits per heavy atom. The summed E-state index contributed by atoms with van der Waals surface area (Å²) in [6.45, 7) is 0.0285. The predicted octanol–water partition coefficient (Wildman–Crippen LogP) is 3.54. The Hall–Kier alpha value is -3.13. The molecule has 1 saturated heterocycles. The highest BCUT2D eigenvalue weighted by Gasteiger charge is 2.35. The molecule has 0 radical (unpaired) electrons. The van der Waals surface area contributed by atoms with Crippen LogP contribution < -0.4 is 0 Å². The quantitative estimate of drug-likeness (QED) is 0.511. The Bertz CT molecular complexity index is 892. The molecule has 1 aliphatic rings. The standard InChI is InChI=1S/C17H12N2O5S/c20-14-4-2-1-3-12(14)9-15-16(21)18(17(22)25-15)10-11-5-7-13(8-6-11)19(23)24/h1-9,20H,10H2/b15-9-. The third-order valence-electron chi connectivity index (χ3n) is 3.58. The number of benzene rings is 2. The van der Waals surface area contributed by atoms with Crippen molar-refractivity contribution in [3.8, 4) is 5.75 Å². The molecule has 0 spiro atoms. The molecule has 0 bridgehead atoms. The molecule has 2 amide bonds. The smallest absolute Gasteiger partial charge is 0.293 e. The molecule has 1 N–H and O–H groups in total. The van der Waals surface area contributed by atoms with E-state index in [0.717, 1.165) is 16.7 Å². The number of carbonyl (C=O) groups is 2. The van der Waals surface area contributed by atoms with Crippen molar-refractivity contribution >= 4 is 34.7 Å². The largest absolute Gasteiger partial charge is 0.507 e. The van der Waals surface area contributed by atoms with Crippen LogP contribution in [0.4, 0.5) is 10.5 Å².